The van der Waals surface area contributed by atoms with Gasteiger partial charge >= 0.3 is 0 Å². The Balaban J connectivity index is 1.72. The Morgan fingerprint density at radius 2 is 1.75 bits per heavy atom. The van der Waals surface area contributed by atoms with Crippen LogP contribution in [-0.4, -0.2) is 7.05 Å². The van der Waals surface area contributed by atoms with Gasteiger partial charge in [0.15, 0.2) is 0 Å². The van der Waals surface area contributed by atoms with Gasteiger partial charge in [0.05, 0.1) is 3.79 Å². The van der Waals surface area contributed by atoms with E-state index in [2.05, 4.69) is 41.3 Å². The largest absolute Gasteiger partial charge is 0.312 e. The average Bonchev–Trinajstić information content (AvgIpc) is 2.67. The monoisotopic (exact) mass is 353 g/mol. The Bertz CT molecular complexity index is 486. The third-order valence-corrected chi connectivity index (χ3v) is 7.79. The summed E-state index contributed by atoms with van der Waals surface area (Å²) in [6.45, 7) is 2.29. The summed E-state index contributed by atoms with van der Waals surface area (Å²) in [5.41, 5.74) is 2.11. The molecule has 1 aromatic rings. The molecule has 1 N–H and O–H groups in total. The molecule has 0 saturated heterocycles. The average molecular weight is 354 g/mol. The Kier molecular flexibility index (Phi) is 3.32. The van der Waals surface area contributed by atoms with Gasteiger partial charge in [-0.1, -0.05) is 0 Å². The second-order valence-corrected chi connectivity index (χ2v) is 10.2. The van der Waals surface area contributed by atoms with Crippen LogP contribution in [0.15, 0.2) is 9.85 Å². The van der Waals surface area contributed by atoms with Crippen LogP contribution in [0.5, 0.6) is 0 Å². The molecule has 1 atom stereocenters. The summed E-state index contributed by atoms with van der Waals surface area (Å²) in [7, 11) is 2.17. The highest BCUT2D eigenvalue weighted by Crippen LogP contribution is 2.64. The van der Waals surface area contributed by atoms with Crippen molar-refractivity contribution in [1.82, 2.24) is 5.32 Å². The van der Waals surface area contributed by atoms with Crippen LogP contribution >= 0.6 is 27.3 Å². The maximum Gasteiger partial charge on any atom is 0.0704 e. The van der Waals surface area contributed by atoms with Crippen molar-refractivity contribution in [3.05, 3.63) is 20.3 Å². The zero-order valence-electron chi connectivity index (χ0n) is 12.4. The molecule has 1 nitrogen and oxygen atoms in total. The fourth-order valence-corrected chi connectivity index (χ4v) is 7.82. The third-order valence-electron chi connectivity index (χ3n) is 6.22. The molecule has 20 heavy (non-hydrogen) atoms. The minimum atomic E-state index is 0.550. The molecular formula is C17H24BrNS. The number of aryl methyl sites for hydroxylation is 1. The minimum absolute atomic E-state index is 0.550. The molecule has 0 amide bonds. The first kappa shape index (κ1) is 13.8. The molecule has 4 aliphatic carbocycles. The van der Waals surface area contributed by atoms with Gasteiger partial charge in [-0.2, -0.15) is 0 Å². The van der Waals surface area contributed by atoms with E-state index in [-0.39, 0.29) is 0 Å². The van der Waals surface area contributed by atoms with Gasteiger partial charge in [0.25, 0.3) is 0 Å². The van der Waals surface area contributed by atoms with Gasteiger partial charge < -0.3 is 5.32 Å². The summed E-state index contributed by atoms with van der Waals surface area (Å²) >= 11 is 5.57. The molecule has 110 valence electrons. The molecule has 5 rings (SSSR count). The Hall–Kier alpha value is 0.140. The van der Waals surface area contributed by atoms with Crippen molar-refractivity contribution in [2.75, 3.05) is 7.05 Å². The second-order valence-electron chi connectivity index (χ2n) is 7.56. The van der Waals surface area contributed by atoms with Crippen LogP contribution in [0.2, 0.25) is 0 Å². The van der Waals surface area contributed by atoms with Crippen LogP contribution in [0.3, 0.4) is 0 Å². The molecular weight excluding hydrogens is 330 g/mol. The van der Waals surface area contributed by atoms with Crippen LogP contribution in [0, 0.1) is 30.1 Å². The Morgan fingerprint density at radius 3 is 2.15 bits per heavy atom. The van der Waals surface area contributed by atoms with Crippen molar-refractivity contribution < 1.29 is 0 Å². The van der Waals surface area contributed by atoms with Crippen molar-refractivity contribution in [3.8, 4) is 0 Å². The van der Waals surface area contributed by atoms with Gasteiger partial charge in [0, 0.05) is 10.9 Å². The van der Waals surface area contributed by atoms with E-state index in [1.807, 2.05) is 11.3 Å². The number of rotatable bonds is 3. The third kappa shape index (κ3) is 2.04. The normalized spacial score (nSPS) is 40.2. The Morgan fingerprint density at radius 1 is 1.20 bits per heavy atom. The summed E-state index contributed by atoms with van der Waals surface area (Å²) in [6.07, 6.45) is 9.00. The number of halogens is 1. The van der Waals surface area contributed by atoms with E-state index in [0.717, 1.165) is 17.8 Å². The van der Waals surface area contributed by atoms with E-state index in [1.54, 1.807) is 5.56 Å². The van der Waals surface area contributed by atoms with Crippen LogP contribution in [0.25, 0.3) is 0 Å². The van der Waals surface area contributed by atoms with E-state index in [9.17, 15) is 0 Å². The highest BCUT2D eigenvalue weighted by Gasteiger charge is 2.54. The Labute approximate surface area is 134 Å². The topological polar surface area (TPSA) is 12.0 Å². The summed E-state index contributed by atoms with van der Waals surface area (Å²) in [6, 6.07) is 2.94. The molecule has 4 fully saturated rings. The van der Waals surface area contributed by atoms with E-state index in [1.165, 1.54) is 47.2 Å². The first-order valence-corrected chi connectivity index (χ1v) is 9.63. The molecule has 1 heterocycles. The van der Waals surface area contributed by atoms with Crippen molar-refractivity contribution in [1.29, 1.82) is 0 Å². The fourth-order valence-electron chi connectivity index (χ4n) is 6.07. The second kappa shape index (κ2) is 4.82. The first-order chi connectivity index (χ1) is 9.59. The minimum Gasteiger partial charge on any atom is -0.312 e. The van der Waals surface area contributed by atoms with E-state index >= 15 is 0 Å². The van der Waals surface area contributed by atoms with Crippen molar-refractivity contribution in [3.63, 3.8) is 0 Å². The zero-order valence-corrected chi connectivity index (χ0v) is 14.8. The highest BCUT2D eigenvalue weighted by atomic mass is 79.9. The molecule has 4 aliphatic rings. The van der Waals surface area contributed by atoms with Crippen LogP contribution in [0.1, 0.15) is 55.0 Å². The molecule has 1 unspecified atom stereocenters. The summed E-state index contributed by atoms with van der Waals surface area (Å²) in [5, 5.41) is 3.72. The van der Waals surface area contributed by atoms with Gasteiger partial charge in [-0.15, -0.1) is 11.3 Å². The predicted molar refractivity (Wildman–Crippen MR) is 89.2 cm³/mol. The molecule has 0 spiro atoms. The molecule has 0 aromatic carbocycles. The van der Waals surface area contributed by atoms with Crippen LogP contribution < -0.4 is 5.32 Å². The molecule has 0 aliphatic heterocycles. The summed E-state index contributed by atoms with van der Waals surface area (Å²) in [4.78, 5) is 1.49. The number of nitrogens with one attached hydrogen (secondary N) is 1. The lowest BCUT2D eigenvalue weighted by molar-refractivity contribution is -0.0736. The highest BCUT2D eigenvalue weighted by molar-refractivity contribution is 9.11. The molecule has 3 heteroatoms. The standard InChI is InChI=1S/C17H24BrNS/c1-10-14(6-15(18)20-10)16(19-2)17-7-11-3-12(8-17)5-13(4-11)9-17/h6,11-13,16,19H,3-5,7-9H2,1-2H3. The van der Waals surface area contributed by atoms with Crippen LogP contribution in [0.4, 0.5) is 0 Å². The van der Waals surface area contributed by atoms with Gasteiger partial charge in [0.1, 0.15) is 0 Å². The maximum absolute atomic E-state index is 3.72. The number of hydrogen-bond acceptors (Lipinski definition) is 2. The quantitative estimate of drug-likeness (QED) is 0.777. The van der Waals surface area contributed by atoms with Crippen molar-refractivity contribution >= 4 is 27.3 Å². The van der Waals surface area contributed by atoms with Crippen molar-refractivity contribution in [2.24, 2.45) is 23.2 Å². The lowest BCUT2D eigenvalue weighted by atomic mass is 9.47. The SMILES string of the molecule is CNC(c1cc(Br)sc1C)C12CC3CC(CC(C3)C1)C2. The lowest BCUT2D eigenvalue weighted by Crippen LogP contribution is -2.51. The van der Waals surface area contributed by atoms with Gasteiger partial charge in [-0.05, 0) is 103 Å². The van der Waals surface area contributed by atoms with Crippen LogP contribution in [-0.2, 0) is 0 Å². The molecule has 0 radical (unpaired) electrons. The van der Waals surface area contributed by atoms with E-state index < -0.39 is 0 Å². The van der Waals surface area contributed by atoms with E-state index in [4.69, 9.17) is 0 Å². The predicted octanol–water partition coefficient (Wildman–Crippen LogP) is 5.30. The van der Waals surface area contributed by atoms with Gasteiger partial charge in [-0.25, -0.2) is 0 Å². The van der Waals surface area contributed by atoms with Gasteiger partial charge in [-0.3, -0.25) is 0 Å². The van der Waals surface area contributed by atoms with Gasteiger partial charge in [0.2, 0.25) is 0 Å². The smallest absolute Gasteiger partial charge is 0.0704 e. The van der Waals surface area contributed by atoms with E-state index in [0.29, 0.717) is 11.5 Å². The first-order valence-electron chi connectivity index (χ1n) is 8.03. The zero-order chi connectivity index (χ0) is 13.9. The molecule has 4 saturated carbocycles. The molecule has 1 aromatic heterocycles. The summed E-state index contributed by atoms with van der Waals surface area (Å²) < 4.78 is 1.29. The fraction of sp³-hybridized carbons (Fsp3) is 0.765. The molecule has 4 bridgehead atoms. The number of hydrogen-bond donors (Lipinski definition) is 1. The number of thiophene rings is 1. The summed E-state index contributed by atoms with van der Waals surface area (Å²) in [5.74, 6) is 3.08. The van der Waals surface area contributed by atoms with Crippen molar-refractivity contribution in [2.45, 2.75) is 51.5 Å². The lowest BCUT2D eigenvalue weighted by Gasteiger charge is -2.59. The maximum atomic E-state index is 3.72.